The number of hydrogen-bond acceptors (Lipinski definition) is 2. The molecular formula is C16H20N2. The Hall–Kier alpha value is -1.96. The van der Waals surface area contributed by atoms with E-state index < -0.39 is 0 Å². The summed E-state index contributed by atoms with van der Waals surface area (Å²) in [5, 5.41) is 3.43. The molecule has 0 spiro atoms. The summed E-state index contributed by atoms with van der Waals surface area (Å²) in [4.78, 5) is 2.10. The van der Waals surface area contributed by atoms with Crippen LogP contribution in [-0.2, 0) is 6.54 Å². The van der Waals surface area contributed by atoms with Gasteiger partial charge < -0.3 is 10.2 Å². The van der Waals surface area contributed by atoms with Crippen LogP contribution in [0.5, 0.6) is 0 Å². The average molecular weight is 240 g/mol. The number of anilines is 2. The Kier molecular flexibility index (Phi) is 3.88. The molecule has 0 fully saturated rings. The highest BCUT2D eigenvalue weighted by atomic mass is 15.1. The molecule has 0 bridgehead atoms. The topological polar surface area (TPSA) is 15.3 Å². The molecule has 0 atom stereocenters. The van der Waals surface area contributed by atoms with Crippen molar-refractivity contribution in [2.24, 2.45) is 0 Å². The summed E-state index contributed by atoms with van der Waals surface area (Å²) < 4.78 is 0. The summed E-state index contributed by atoms with van der Waals surface area (Å²) in [5.74, 6) is 0. The van der Waals surface area contributed by atoms with Crippen molar-refractivity contribution < 1.29 is 0 Å². The Labute approximate surface area is 109 Å². The average Bonchev–Trinajstić information content (AvgIpc) is 2.38. The molecule has 0 aliphatic heterocycles. The van der Waals surface area contributed by atoms with E-state index in [1.165, 1.54) is 16.8 Å². The zero-order valence-corrected chi connectivity index (χ0v) is 11.3. The Morgan fingerprint density at radius 2 is 1.50 bits per heavy atom. The number of hydrogen-bond donors (Lipinski definition) is 1. The molecule has 0 saturated carbocycles. The van der Waals surface area contributed by atoms with Crippen LogP contribution in [-0.4, -0.2) is 14.1 Å². The maximum Gasteiger partial charge on any atom is 0.0400 e. The molecule has 2 rings (SSSR count). The molecule has 0 saturated heterocycles. The van der Waals surface area contributed by atoms with Crippen molar-refractivity contribution in [1.29, 1.82) is 0 Å². The van der Waals surface area contributed by atoms with Crippen molar-refractivity contribution in [3.63, 3.8) is 0 Å². The minimum atomic E-state index is 0.863. The predicted octanol–water partition coefficient (Wildman–Crippen LogP) is 3.67. The van der Waals surface area contributed by atoms with Crippen LogP contribution in [0.1, 0.15) is 11.1 Å². The number of nitrogens with one attached hydrogen (secondary N) is 1. The monoisotopic (exact) mass is 240 g/mol. The van der Waals surface area contributed by atoms with Crippen LogP contribution in [0.3, 0.4) is 0 Å². The quantitative estimate of drug-likeness (QED) is 0.877. The van der Waals surface area contributed by atoms with Crippen molar-refractivity contribution in [2.45, 2.75) is 13.5 Å². The van der Waals surface area contributed by atoms with Gasteiger partial charge in [0.2, 0.25) is 0 Å². The van der Waals surface area contributed by atoms with E-state index in [9.17, 15) is 0 Å². The molecule has 0 unspecified atom stereocenters. The van der Waals surface area contributed by atoms with E-state index in [0.29, 0.717) is 0 Å². The van der Waals surface area contributed by atoms with E-state index in [1.54, 1.807) is 0 Å². The van der Waals surface area contributed by atoms with Crippen molar-refractivity contribution >= 4 is 11.4 Å². The van der Waals surface area contributed by atoms with Crippen molar-refractivity contribution in [3.05, 3.63) is 59.7 Å². The second-order valence-electron chi connectivity index (χ2n) is 4.78. The van der Waals surface area contributed by atoms with Crippen LogP contribution in [0, 0.1) is 6.92 Å². The second kappa shape index (κ2) is 5.58. The Bertz CT molecular complexity index is 484. The van der Waals surface area contributed by atoms with Crippen molar-refractivity contribution in [3.8, 4) is 0 Å². The lowest BCUT2D eigenvalue weighted by Crippen LogP contribution is -2.08. The first-order valence-corrected chi connectivity index (χ1v) is 6.22. The Balaban J connectivity index is 1.95. The van der Waals surface area contributed by atoms with E-state index in [0.717, 1.165) is 12.2 Å². The molecule has 0 amide bonds. The van der Waals surface area contributed by atoms with Crippen molar-refractivity contribution in [2.75, 3.05) is 24.3 Å². The fraction of sp³-hybridized carbons (Fsp3) is 0.250. The predicted molar refractivity (Wildman–Crippen MR) is 79.3 cm³/mol. The largest absolute Gasteiger partial charge is 0.381 e. The van der Waals surface area contributed by atoms with E-state index >= 15 is 0 Å². The minimum absolute atomic E-state index is 0.863. The molecule has 94 valence electrons. The van der Waals surface area contributed by atoms with Gasteiger partial charge in [-0.2, -0.15) is 0 Å². The minimum Gasteiger partial charge on any atom is -0.381 e. The Morgan fingerprint density at radius 1 is 0.889 bits per heavy atom. The van der Waals surface area contributed by atoms with E-state index in [2.05, 4.69) is 79.8 Å². The summed E-state index contributed by atoms with van der Waals surface area (Å²) in [6, 6.07) is 17.1. The fourth-order valence-electron chi connectivity index (χ4n) is 1.79. The highest BCUT2D eigenvalue weighted by molar-refractivity contribution is 5.54. The number of benzene rings is 2. The third kappa shape index (κ3) is 3.27. The first-order valence-electron chi connectivity index (χ1n) is 6.22. The molecule has 2 aromatic rings. The smallest absolute Gasteiger partial charge is 0.0400 e. The molecular weight excluding hydrogens is 220 g/mol. The molecule has 0 heterocycles. The van der Waals surface area contributed by atoms with Gasteiger partial charge in [0, 0.05) is 32.0 Å². The van der Waals surface area contributed by atoms with E-state index in [-0.39, 0.29) is 0 Å². The normalized spacial score (nSPS) is 10.2. The fourth-order valence-corrected chi connectivity index (χ4v) is 1.79. The lowest BCUT2D eigenvalue weighted by atomic mass is 10.1. The summed E-state index contributed by atoms with van der Waals surface area (Å²) >= 11 is 0. The van der Waals surface area contributed by atoms with Gasteiger partial charge in [-0.3, -0.25) is 0 Å². The molecule has 2 heteroatoms. The summed E-state index contributed by atoms with van der Waals surface area (Å²) in [5.41, 5.74) is 4.98. The first kappa shape index (κ1) is 12.5. The van der Waals surface area contributed by atoms with Gasteiger partial charge in [0.05, 0.1) is 0 Å². The third-order valence-electron chi connectivity index (χ3n) is 3.00. The highest BCUT2D eigenvalue weighted by Gasteiger charge is 1.96. The van der Waals surface area contributed by atoms with Crippen LogP contribution in [0.15, 0.2) is 48.5 Å². The number of rotatable bonds is 4. The summed E-state index contributed by atoms with van der Waals surface area (Å²) in [6.07, 6.45) is 0. The first-order chi connectivity index (χ1) is 8.65. The second-order valence-corrected chi connectivity index (χ2v) is 4.78. The number of nitrogens with zero attached hydrogens (tertiary/aromatic N) is 1. The molecule has 2 aromatic carbocycles. The van der Waals surface area contributed by atoms with Crippen molar-refractivity contribution in [1.82, 2.24) is 0 Å². The van der Waals surface area contributed by atoms with Crippen LogP contribution in [0.25, 0.3) is 0 Å². The van der Waals surface area contributed by atoms with Gasteiger partial charge in [0.15, 0.2) is 0 Å². The van der Waals surface area contributed by atoms with E-state index in [4.69, 9.17) is 0 Å². The zero-order chi connectivity index (χ0) is 13.0. The molecule has 2 nitrogen and oxygen atoms in total. The zero-order valence-electron chi connectivity index (χ0n) is 11.3. The van der Waals surface area contributed by atoms with Gasteiger partial charge in [-0.15, -0.1) is 0 Å². The highest BCUT2D eigenvalue weighted by Crippen LogP contribution is 2.16. The van der Waals surface area contributed by atoms with Crippen LogP contribution in [0.4, 0.5) is 11.4 Å². The molecule has 18 heavy (non-hydrogen) atoms. The molecule has 0 radical (unpaired) electrons. The van der Waals surface area contributed by atoms with Crippen LogP contribution < -0.4 is 10.2 Å². The maximum absolute atomic E-state index is 3.43. The van der Waals surface area contributed by atoms with Crippen LogP contribution >= 0.6 is 0 Å². The summed E-state index contributed by atoms with van der Waals surface area (Å²) in [7, 11) is 4.10. The molecule has 0 aliphatic rings. The van der Waals surface area contributed by atoms with E-state index in [1.807, 2.05) is 0 Å². The molecule has 0 aliphatic carbocycles. The lowest BCUT2D eigenvalue weighted by molar-refractivity contribution is 1.12. The maximum atomic E-state index is 3.43. The van der Waals surface area contributed by atoms with Gasteiger partial charge in [0.25, 0.3) is 0 Å². The standard InChI is InChI=1S/C16H20N2/c1-13-4-6-14(7-5-13)12-17-15-8-10-16(11-9-15)18(2)3/h4-11,17H,12H2,1-3H3. The van der Waals surface area contributed by atoms with Gasteiger partial charge in [-0.05, 0) is 36.8 Å². The van der Waals surface area contributed by atoms with Crippen LogP contribution in [0.2, 0.25) is 0 Å². The third-order valence-corrected chi connectivity index (χ3v) is 3.00. The SMILES string of the molecule is Cc1ccc(CNc2ccc(N(C)C)cc2)cc1. The molecule has 0 aromatic heterocycles. The lowest BCUT2D eigenvalue weighted by Gasteiger charge is -2.13. The van der Waals surface area contributed by atoms with Gasteiger partial charge in [-0.1, -0.05) is 29.8 Å². The van der Waals surface area contributed by atoms with Gasteiger partial charge in [0.1, 0.15) is 0 Å². The number of aryl methyl sites for hydroxylation is 1. The Morgan fingerprint density at radius 3 is 2.06 bits per heavy atom. The van der Waals surface area contributed by atoms with Gasteiger partial charge in [-0.25, -0.2) is 0 Å². The summed E-state index contributed by atoms with van der Waals surface area (Å²) in [6.45, 7) is 2.97. The van der Waals surface area contributed by atoms with Gasteiger partial charge >= 0.3 is 0 Å². The molecule has 1 N–H and O–H groups in total.